The molecule has 1 saturated carbocycles. The van der Waals surface area contributed by atoms with Gasteiger partial charge in [-0.3, -0.25) is 9.88 Å². The van der Waals surface area contributed by atoms with E-state index < -0.39 is 0 Å². The summed E-state index contributed by atoms with van der Waals surface area (Å²) >= 11 is 6.57. The number of hydrogen-bond acceptors (Lipinski definition) is 5. The number of methoxy groups -OCH3 is 1. The number of pyridine rings is 1. The van der Waals surface area contributed by atoms with Crippen LogP contribution in [0.5, 0.6) is 5.75 Å². The molecular formula is C30H32ClN5O. The van der Waals surface area contributed by atoms with Gasteiger partial charge in [0.1, 0.15) is 5.75 Å². The second-order valence-corrected chi connectivity index (χ2v) is 10.8. The molecule has 0 bridgehead atoms. The van der Waals surface area contributed by atoms with Gasteiger partial charge in [0.05, 0.1) is 35.0 Å². The monoisotopic (exact) mass is 513 g/mol. The van der Waals surface area contributed by atoms with Crippen LogP contribution in [0, 0.1) is 11.3 Å². The van der Waals surface area contributed by atoms with Crippen molar-refractivity contribution in [1.29, 1.82) is 5.26 Å². The van der Waals surface area contributed by atoms with Gasteiger partial charge >= 0.3 is 0 Å². The van der Waals surface area contributed by atoms with E-state index >= 15 is 0 Å². The van der Waals surface area contributed by atoms with Gasteiger partial charge in [0.25, 0.3) is 0 Å². The Bertz CT molecular complexity index is 1490. The number of halogens is 1. The number of piperazine rings is 1. The lowest BCUT2D eigenvalue weighted by atomic mass is 9.81. The minimum absolute atomic E-state index is 0.564. The van der Waals surface area contributed by atoms with Crippen molar-refractivity contribution in [3.63, 3.8) is 0 Å². The molecule has 4 aromatic rings. The van der Waals surface area contributed by atoms with Gasteiger partial charge in [-0.1, -0.05) is 11.6 Å². The van der Waals surface area contributed by atoms with Crippen LogP contribution in [-0.4, -0.2) is 53.8 Å². The summed E-state index contributed by atoms with van der Waals surface area (Å²) in [6, 6.07) is 15.0. The number of aromatic nitrogens is 2. The van der Waals surface area contributed by atoms with Crippen LogP contribution in [-0.2, 0) is 7.05 Å². The smallest absolute Gasteiger partial charge is 0.140 e. The first-order valence-corrected chi connectivity index (χ1v) is 13.5. The van der Waals surface area contributed by atoms with E-state index in [0.717, 1.165) is 48.3 Å². The van der Waals surface area contributed by atoms with Crippen LogP contribution in [0.15, 0.2) is 48.8 Å². The summed E-state index contributed by atoms with van der Waals surface area (Å²) in [4.78, 5) is 9.77. The first-order chi connectivity index (χ1) is 18.1. The Hall–Kier alpha value is -3.27. The van der Waals surface area contributed by atoms with Gasteiger partial charge in [0, 0.05) is 74.0 Å². The standard InChI is InChI=1S/C30H32ClN5O/c1-34-19-25(24-16-20(18-32)5-10-26(24)34)21-6-8-22(9-7-21)35-12-14-36(15-13-35)27-17-28(37-2)29(31)23-4-3-11-33-30(23)27/h3-5,10-11,16-17,19,21-22H,6-9,12-15H2,1-2H3/t21-,22+. The third-order valence-corrected chi connectivity index (χ3v) is 8.84. The molecule has 0 atom stereocenters. The maximum Gasteiger partial charge on any atom is 0.140 e. The van der Waals surface area contributed by atoms with Crippen LogP contribution in [0.1, 0.15) is 42.7 Å². The molecule has 2 aromatic carbocycles. The van der Waals surface area contributed by atoms with E-state index in [1.165, 1.54) is 42.1 Å². The summed E-state index contributed by atoms with van der Waals surface area (Å²) in [5.41, 5.74) is 5.42. The fourth-order valence-corrected chi connectivity index (χ4v) is 6.75. The number of benzene rings is 2. The number of fused-ring (bicyclic) bond motifs is 2. The molecule has 7 heteroatoms. The number of anilines is 1. The maximum absolute atomic E-state index is 9.38. The van der Waals surface area contributed by atoms with Crippen LogP contribution < -0.4 is 9.64 Å². The van der Waals surface area contributed by atoms with Crippen LogP contribution >= 0.6 is 11.6 Å². The molecular weight excluding hydrogens is 482 g/mol. The van der Waals surface area contributed by atoms with Crippen LogP contribution in [0.25, 0.3) is 21.8 Å². The van der Waals surface area contributed by atoms with E-state index in [-0.39, 0.29) is 0 Å². The first-order valence-electron chi connectivity index (χ1n) is 13.2. The van der Waals surface area contributed by atoms with Gasteiger partial charge in [-0.2, -0.15) is 5.26 Å². The van der Waals surface area contributed by atoms with Crippen molar-refractivity contribution in [3.05, 3.63) is 64.9 Å². The molecule has 190 valence electrons. The van der Waals surface area contributed by atoms with Gasteiger partial charge in [0.2, 0.25) is 0 Å². The third-order valence-electron chi connectivity index (χ3n) is 8.45. The Morgan fingerprint density at radius 1 is 1.03 bits per heavy atom. The van der Waals surface area contributed by atoms with Gasteiger partial charge in [-0.25, -0.2) is 0 Å². The highest BCUT2D eigenvalue weighted by atomic mass is 35.5. The van der Waals surface area contributed by atoms with E-state index in [4.69, 9.17) is 16.3 Å². The summed E-state index contributed by atoms with van der Waals surface area (Å²) in [6.45, 7) is 4.04. The topological polar surface area (TPSA) is 57.3 Å². The normalized spacial score (nSPS) is 20.9. The van der Waals surface area contributed by atoms with Gasteiger partial charge in [-0.15, -0.1) is 0 Å². The van der Waals surface area contributed by atoms with Crippen LogP contribution in [0.3, 0.4) is 0 Å². The Morgan fingerprint density at radius 3 is 2.54 bits per heavy atom. The average molecular weight is 514 g/mol. The Balaban J connectivity index is 1.13. The molecule has 2 aromatic heterocycles. The molecule has 0 spiro atoms. The predicted octanol–water partition coefficient (Wildman–Crippen LogP) is 6.11. The zero-order chi connectivity index (χ0) is 25.5. The van der Waals surface area contributed by atoms with Crippen molar-refractivity contribution in [3.8, 4) is 11.8 Å². The fraction of sp³-hybridized carbons (Fsp3) is 0.400. The second kappa shape index (κ2) is 9.89. The number of rotatable bonds is 4. The zero-order valence-corrected chi connectivity index (χ0v) is 22.2. The molecule has 0 N–H and O–H groups in total. The SMILES string of the molecule is COc1cc(N2CCN([C@H]3CC[C@@H](c4cn(C)c5ccc(C#N)cc54)CC3)CC2)c2ncccc2c1Cl. The summed E-state index contributed by atoms with van der Waals surface area (Å²) in [7, 11) is 3.78. The lowest BCUT2D eigenvalue weighted by molar-refractivity contribution is 0.141. The fourth-order valence-electron chi connectivity index (χ4n) is 6.46. The third kappa shape index (κ3) is 4.31. The van der Waals surface area contributed by atoms with E-state index in [2.05, 4.69) is 50.8 Å². The number of ether oxygens (including phenoxy) is 1. The van der Waals surface area contributed by atoms with Crippen molar-refractivity contribution in [2.75, 3.05) is 38.2 Å². The molecule has 37 heavy (non-hydrogen) atoms. The summed E-state index contributed by atoms with van der Waals surface area (Å²) in [5.74, 6) is 1.27. The molecule has 2 fully saturated rings. The van der Waals surface area contributed by atoms with E-state index in [1.807, 2.05) is 30.5 Å². The molecule has 1 aliphatic carbocycles. The maximum atomic E-state index is 9.38. The average Bonchev–Trinajstić information content (AvgIpc) is 3.29. The molecule has 0 radical (unpaired) electrons. The molecule has 1 saturated heterocycles. The summed E-state index contributed by atoms with van der Waals surface area (Å²) in [5, 5.41) is 12.2. The lowest BCUT2D eigenvalue weighted by Crippen LogP contribution is -2.51. The number of nitriles is 1. The highest BCUT2D eigenvalue weighted by molar-refractivity contribution is 6.37. The summed E-state index contributed by atoms with van der Waals surface area (Å²) in [6.07, 6.45) is 8.96. The molecule has 0 amide bonds. The van der Waals surface area contributed by atoms with Crippen molar-refractivity contribution < 1.29 is 4.74 Å². The molecule has 2 aliphatic rings. The number of nitrogens with zero attached hydrogens (tertiary/aromatic N) is 5. The van der Waals surface area contributed by atoms with Crippen molar-refractivity contribution in [2.24, 2.45) is 7.05 Å². The minimum atomic E-state index is 0.564. The van der Waals surface area contributed by atoms with Gasteiger partial charge in [0.15, 0.2) is 0 Å². The Kier molecular flexibility index (Phi) is 6.44. The highest BCUT2D eigenvalue weighted by Gasteiger charge is 2.31. The van der Waals surface area contributed by atoms with E-state index in [0.29, 0.717) is 22.7 Å². The minimum Gasteiger partial charge on any atom is -0.495 e. The number of aryl methyl sites for hydroxylation is 1. The molecule has 3 heterocycles. The van der Waals surface area contributed by atoms with Crippen molar-refractivity contribution in [2.45, 2.75) is 37.6 Å². The Morgan fingerprint density at radius 2 is 1.81 bits per heavy atom. The predicted molar refractivity (Wildman–Crippen MR) is 150 cm³/mol. The van der Waals surface area contributed by atoms with Crippen LogP contribution in [0.4, 0.5) is 5.69 Å². The molecule has 6 rings (SSSR count). The van der Waals surface area contributed by atoms with Gasteiger partial charge < -0.3 is 14.2 Å². The number of hydrogen-bond donors (Lipinski definition) is 0. The molecule has 0 unspecified atom stereocenters. The second-order valence-electron chi connectivity index (χ2n) is 10.4. The van der Waals surface area contributed by atoms with E-state index in [9.17, 15) is 5.26 Å². The molecule has 6 nitrogen and oxygen atoms in total. The highest BCUT2D eigenvalue weighted by Crippen LogP contribution is 2.41. The van der Waals surface area contributed by atoms with Crippen molar-refractivity contribution in [1.82, 2.24) is 14.5 Å². The molecule has 1 aliphatic heterocycles. The van der Waals surface area contributed by atoms with Gasteiger partial charge in [-0.05, 0) is 67.5 Å². The van der Waals surface area contributed by atoms with Crippen LogP contribution in [0.2, 0.25) is 5.02 Å². The Labute approximate surface area is 223 Å². The quantitative estimate of drug-likeness (QED) is 0.329. The van der Waals surface area contributed by atoms with E-state index in [1.54, 1.807) is 7.11 Å². The largest absolute Gasteiger partial charge is 0.495 e. The lowest BCUT2D eigenvalue weighted by Gasteiger charge is -2.42. The summed E-state index contributed by atoms with van der Waals surface area (Å²) < 4.78 is 7.78. The zero-order valence-electron chi connectivity index (χ0n) is 21.5. The first kappa shape index (κ1) is 24.1. The van der Waals surface area contributed by atoms with Crippen molar-refractivity contribution >= 4 is 39.1 Å².